The molecule has 0 saturated carbocycles. The zero-order valence-electron chi connectivity index (χ0n) is 29.2. The molecule has 272 valence electrons. The van der Waals surface area contributed by atoms with Gasteiger partial charge in [-0.3, -0.25) is 4.79 Å². The first kappa shape index (κ1) is 36.5. The van der Waals surface area contributed by atoms with Crippen LogP contribution in [0.5, 0.6) is 5.75 Å². The van der Waals surface area contributed by atoms with Crippen LogP contribution in [0.3, 0.4) is 0 Å². The SMILES string of the molecule is Cc1cc(/C=C2\C(=O)Nc3ccc(S(=O)(=O)N(CC(C)C)CC(O)C(Cc4ccccc4)NC(=O)OC4COC5OCCC45)cc32)cc(C)c1O. The van der Waals surface area contributed by atoms with E-state index in [-0.39, 0.29) is 60.1 Å². The molecule has 12 nitrogen and oxygen atoms in total. The van der Waals surface area contributed by atoms with Crippen molar-refractivity contribution in [1.29, 1.82) is 0 Å². The lowest BCUT2D eigenvalue weighted by Crippen LogP contribution is -2.51. The van der Waals surface area contributed by atoms with Gasteiger partial charge < -0.3 is 35.1 Å². The number of hydrogen-bond acceptors (Lipinski definition) is 9. The van der Waals surface area contributed by atoms with Crippen molar-refractivity contribution in [3.63, 3.8) is 0 Å². The number of carbonyl (C=O) groups is 2. The Kier molecular flexibility index (Phi) is 10.8. The molecule has 3 aliphatic heterocycles. The minimum absolute atomic E-state index is 0.0453. The average molecular weight is 720 g/mol. The van der Waals surface area contributed by atoms with Gasteiger partial charge in [-0.05, 0) is 91.3 Å². The van der Waals surface area contributed by atoms with E-state index in [0.29, 0.717) is 41.0 Å². The number of anilines is 1. The van der Waals surface area contributed by atoms with Crippen molar-refractivity contribution in [2.75, 3.05) is 31.6 Å². The molecule has 51 heavy (non-hydrogen) atoms. The molecule has 6 rings (SSSR count). The summed E-state index contributed by atoms with van der Waals surface area (Å²) >= 11 is 0. The Balaban J connectivity index is 1.25. The zero-order valence-corrected chi connectivity index (χ0v) is 30.0. The number of aromatic hydroxyl groups is 1. The first-order valence-corrected chi connectivity index (χ1v) is 18.6. The predicted octanol–water partition coefficient (Wildman–Crippen LogP) is 4.61. The van der Waals surface area contributed by atoms with Gasteiger partial charge in [0.05, 0.1) is 36.2 Å². The standard InChI is InChI=1S/C38H45N3O9S/c1-22(2)19-41(20-33(42)32(17-25-8-6-5-7-9-25)40-38(45)50-34-21-49-37-28(34)12-13-48-37)51(46,47)27-10-11-31-29(18-27)30(36(44)39-31)16-26-14-23(3)35(43)24(4)15-26/h5-11,14-16,18,22,28,32-34,37,42-43H,12-13,17,19-21H2,1-4H3,(H,39,44)(H,40,45)/b30-16-. The van der Waals surface area contributed by atoms with Gasteiger partial charge in [-0.15, -0.1) is 0 Å². The number of alkyl carbamates (subject to hydrolysis) is 1. The molecule has 0 spiro atoms. The van der Waals surface area contributed by atoms with Crippen LogP contribution in [0, 0.1) is 25.7 Å². The Morgan fingerprint density at radius 1 is 1.08 bits per heavy atom. The van der Waals surface area contributed by atoms with E-state index in [0.717, 1.165) is 5.56 Å². The molecule has 0 radical (unpaired) electrons. The van der Waals surface area contributed by atoms with Crippen molar-refractivity contribution in [2.24, 2.45) is 11.8 Å². The normalized spacial score (nSPS) is 21.8. The van der Waals surface area contributed by atoms with Crippen molar-refractivity contribution in [3.8, 4) is 5.75 Å². The van der Waals surface area contributed by atoms with E-state index in [1.165, 1.54) is 16.4 Å². The highest BCUT2D eigenvalue weighted by molar-refractivity contribution is 7.89. The van der Waals surface area contributed by atoms with Crippen molar-refractivity contribution in [2.45, 2.75) is 70.0 Å². The number of benzene rings is 3. The van der Waals surface area contributed by atoms with Gasteiger partial charge in [-0.1, -0.05) is 44.2 Å². The number of nitrogens with one attached hydrogen (secondary N) is 2. The third-order valence-corrected chi connectivity index (χ3v) is 11.3. The molecule has 2 amide bonds. The number of carbonyl (C=O) groups excluding carboxylic acids is 2. The van der Waals surface area contributed by atoms with Crippen LogP contribution < -0.4 is 10.6 Å². The number of phenolic OH excluding ortho intramolecular Hbond substituents is 1. The maximum Gasteiger partial charge on any atom is 0.407 e. The minimum atomic E-state index is -4.21. The van der Waals surface area contributed by atoms with E-state index < -0.39 is 40.7 Å². The summed E-state index contributed by atoms with van der Waals surface area (Å²) in [4.78, 5) is 26.2. The van der Waals surface area contributed by atoms with Crippen LogP contribution in [-0.2, 0) is 35.4 Å². The van der Waals surface area contributed by atoms with E-state index in [9.17, 15) is 28.2 Å². The van der Waals surface area contributed by atoms with Crippen LogP contribution in [0.25, 0.3) is 11.6 Å². The molecule has 4 N–H and O–H groups in total. The quantitative estimate of drug-likeness (QED) is 0.196. The van der Waals surface area contributed by atoms with Crippen LogP contribution in [0.4, 0.5) is 10.5 Å². The van der Waals surface area contributed by atoms with Crippen LogP contribution >= 0.6 is 0 Å². The highest BCUT2D eigenvalue weighted by Gasteiger charge is 2.44. The van der Waals surface area contributed by atoms with Crippen molar-refractivity contribution >= 4 is 39.4 Å². The summed E-state index contributed by atoms with van der Waals surface area (Å²) < 4.78 is 46.8. The number of aliphatic hydroxyl groups excluding tert-OH is 1. The van der Waals surface area contributed by atoms with E-state index in [1.54, 1.807) is 38.1 Å². The first-order valence-electron chi connectivity index (χ1n) is 17.2. The van der Waals surface area contributed by atoms with Gasteiger partial charge in [0, 0.05) is 29.9 Å². The van der Waals surface area contributed by atoms with Gasteiger partial charge in [0.15, 0.2) is 6.29 Å². The summed E-state index contributed by atoms with van der Waals surface area (Å²) in [7, 11) is -4.21. The molecule has 5 atom stereocenters. The Morgan fingerprint density at radius 2 is 1.80 bits per heavy atom. The Morgan fingerprint density at radius 3 is 2.51 bits per heavy atom. The summed E-state index contributed by atoms with van der Waals surface area (Å²) in [5.74, 6) is -0.370. The molecular weight excluding hydrogens is 674 g/mol. The van der Waals surface area contributed by atoms with Crippen LogP contribution in [0.2, 0.25) is 0 Å². The van der Waals surface area contributed by atoms with E-state index in [1.807, 2.05) is 44.2 Å². The van der Waals surface area contributed by atoms with Gasteiger partial charge in [-0.25, -0.2) is 13.2 Å². The van der Waals surface area contributed by atoms with E-state index in [2.05, 4.69) is 10.6 Å². The lowest BCUT2D eigenvalue weighted by atomic mass is 10.0. The van der Waals surface area contributed by atoms with E-state index in [4.69, 9.17) is 14.2 Å². The van der Waals surface area contributed by atoms with E-state index >= 15 is 0 Å². The fraction of sp³-hybridized carbons (Fsp3) is 0.421. The van der Waals surface area contributed by atoms with Crippen molar-refractivity contribution in [1.82, 2.24) is 9.62 Å². The number of rotatable bonds is 12. The van der Waals surface area contributed by atoms with Crippen LogP contribution in [0.1, 0.15) is 48.1 Å². The second-order valence-corrected chi connectivity index (χ2v) is 15.9. The highest BCUT2D eigenvalue weighted by Crippen LogP contribution is 2.37. The molecule has 5 unspecified atom stereocenters. The first-order chi connectivity index (χ1) is 24.3. The number of sulfonamides is 1. The van der Waals surface area contributed by atoms with Crippen LogP contribution in [0.15, 0.2) is 65.6 Å². The summed E-state index contributed by atoms with van der Waals surface area (Å²) in [6.45, 7) is 7.80. The van der Waals surface area contributed by atoms with Gasteiger partial charge in [0.2, 0.25) is 10.0 Å². The van der Waals surface area contributed by atoms with Gasteiger partial charge >= 0.3 is 6.09 Å². The molecular formula is C38H45N3O9S. The average Bonchev–Trinajstić information content (AvgIpc) is 3.79. The maximum absolute atomic E-state index is 14.3. The Hall–Kier alpha value is -4.27. The third-order valence-electron chi connectivity index (χ3n) is 9.51. The molecule has 0 aromatic heterocycles. The number of ether oxygens (including phenoxy) is 3. The second kappa shape index (κ2) is 15.1. The number of phenols is 1. The Labute approximate surface area is 298 Å². The minimum Gasteiger partial charge on any atom is -0.507 e. The number of aliphatic hydroxyl groups is 1. The lowest BCUT2D eigenvalue weighted by molar-refractivity contribution is -0.110. The smallest absolute Gasteiger partial charge is 0.407 e. The number of fused-ring (bicyclic) bond motifs is 2. The highest BCUT2D eigenvalue weighted by atomic mass is 32.2. The molecule has 0 bridgehead atoms. The number of nitrogens with zero attached hydrogens (tertiary/aromatic N) is 1. The van der Waals surface area contributed by atoms with Crippen LogP contribution in [-0.4, -0.2) is 85.8 Å². The van der Waals surface area contributed by atoms with Crippen molar-refractivity contribution in [3.05, 3.63) is 88.5 Å². The third kappa shape index (κ3) is 8.13. The summed E-state index contributed by atoms with van der Waals surface area (Å²) in [6.07, 6.45) is -0.341. The van der Waals surface area contributed by atoms with Gasteiger partial charge in [-0.2, -0.15) is 4.31 Å². The maximum atomic E-state index is 14.3. The molecule has 13 heteroatoms. The fourth-order valence-corrected chi connectivity index (χ4v) is 8.54. The molecule has 3 aromatic rings. The van der Waals surface area contributed by atoms with Gasteiger partial charge in [0.25, 0.3) is 5.91 Å². The molecule has 3 aliphatic rings. The van der Waals surface area contributed by atoms with Gasteiger partial charge in [0.1, 0.15) is 11.9 Å². The lowest BCUT2D eigenvalue weighted by Gasteiger charge is -2.31. The number of amides is 2. The molecule has 3 aromatic carbocycles. The summed E-state index contributed by atoms with van der Waals surface area (Å²) in [5, 5.41) is 27.5. The number of hydrogen-bond donors (Lipinski definition) is 4. The summed E-state index contributed by atoms with van der Waals surface area (Å²) in [6, 6.07) is 16.4. The fourth-order valence-electron chi connectivity index (χ4n) is 6.89. The Bertz CT molecular complexity index is 1890. The molecule has 2 saturated heterocycles. The second-order valence-electron chi connectivity index (χ2n) is 13.9. The predicted molar refractivity (Wildman–Crippen MR) is 191 cm³/mol. The molecule has 2 fully saturated rings. The topological polar surface area (TPSA) is 164 Å². The molecule has 0 aliphatic carbocycles. The monoisotopic (exact) mass is 719 g/mol. The largest absolute Gasteiger partial charge is 0.507 e. The zero-order chi connectivity index (χ0) is 36.4. The molecule has 3 heterocycles. The number of aryl methyl sites for hydroxylation is 2. The van der Waals surface area contributed by atoms with Crippen molar-refractivity contribution < 1.29 is 42.4 Å². The summed E-state index contributed by atoms with van der Waals surface area (Å²) in [5.41, 5.74) is 4.01.